The molecule has 2 heteroatoms. The van der Waals surface area contributed by atoms with Gasteiger partial charge in [-0.15, -0.1) is 0 Å². The van der Waals surface area contributed by atoms with Crippen LogP contribution in [0.5, 0.6) is 0 Å². The third-order valence-electron chi connectivity index (χ3n) is 10.5. The molecule has 0 saturated carbocycles. The zero-order chi connectivity index (χ0) is 36.3. The fourth-order valence-electron chi connectivity index (χ4n) is 7.68. The lowest BCUT2D eigenvalue weighted by Gasteiger charge is -2.17. The molecule has 3 N–H and O–H groups in total. The molecule has 2 nitrogen and oxygen atoms in total. The molecule has 0 heterocycles. The minimum atomic E-state index is -0.263. The van der Waals surface area contributed by atoms with Crippen molar-refractivity contribution in [3.8, 4) is 33.4 Å². The number of hydrogen-bond acceptors (Lipinski definition) is 2. The molecule has 0 radical (unpaired) electrons. The highest BCUT2D eigenvalue weighted by Crippen LogP contribution is 2.39. The summed E-state index contributed by atoms with van der Waals surface area (Å²) in [5, 5.41) is 11.4. The monoisotopic (exact) mass is 692 g/mol. The molecule has 0 amide bonds. The molecule has 0 saturated heterocycles. The zero-order valence-electron chi connectivity index (χ0n) is 30.0. The number of nitrogens with one attached hydrogen (secondary N) is 1. The summed E-state index contributed by atoms with van der Waals surface area (Å²) in [5.74, 6) is 0. The molecule has 54 heavy (non-hydrogen) atoms. The Morgan fingerprint density at radius 3 is 1.80 bits per heavy atom. The molecular weight excluding hydrogens is 653 g/mol. The Kier molecular flexibility index (Phi) is 9.02. The first-order valence-electron chi connectivity index (χ1n) is 18.6. The largest absolute Gasteiger partial charge is 0.381 e. The maximum atomic E-state index is 6.82. The highest BCUT2D eigenvalue weighted by atomic mass is 14.9. The summed E-state index contributed by atoms with van der Waals surface area (Å²) in [5.41, 5.74) is 18.4. The van der Waals surface area contributed by atoms with E-state index in [-0.39, 0.29) is 6.04 Å². The van der Waals surface area contributed by atoms with E-state index in [2.05, 4.69) is 193 Å². The Hall–Kier alpha value is -6.74. The van der Waals surface area contributed by atoms with Crippen LogP contribution in [0.4, 0.5) is 0 Å². The normalized spacial score (nSPS) is 12.3. The average molecular weight is 693 g/mol. The van der Waals surface area contributed by atoms with E-state index >= 15 is 0 Å². The number of rotatable bonds is 9. The Bertz CT molecular complexity index is 2750. The fourth-order valence-corrected chi connectivity index (χ4v) is 7.68. The molecule has 0 aromatic heterocycles. The maximum Gasteiger partial charge on any atom is 0.0504 e. The first-order chi connectivity index (χ1) is 26.7. The second kappa shape index (κ2) is 14.7. The molecule has 1 atom stereocenters. The highest BCUT2D eigenvalue weighted by Gasteiger charge is 2.13. The second-order valence-corrected chi connectivity index (χ2v) is 13.9. The topological polar surface area (TPSA) is 38.0 Å². The van der Waals surface area contributed by atoms with Gasteiger partial charge in [0.05, 0.1) is 6.04 Å². The first kappa shape index (κ1) is 33.1. The van der Waals surface area contributed by atoms with Crippen LogP contribution in [0.1, 0.15) is 22.7 Å². The molecule has 9 aromatic rings. The number of nitrogens with two attached hydrogens (primary N) is 1. The quantitative estimate of drug-likeness (QED) is 0.117. The summed E-state index contributed by atoms with van der Waals surface area (Å²) < 4.78 is 0. The summed E-state index contributed by atoms with van der Waals surface area (Å²) in [7, 11) is 0. The van der Waals surface area contributed by atoms with Gasteiger partial charge >= 0.3 is 0 Å². The van der Waals surface area contributed by atoms with Gasteiger partial charge in [0, 0.05) is 12.2 Å². The third-order valence-corrected chi connectivity index (χ3v) is 10.5. The van der Waals surface area contributed by atoms with Crippen LogP contribution in [0.2, 0.25) is 0 Å². The van der Waals surface area contributed by atoms with E-state index < -0.39 is 0 Å². The average Bonchev–Trinajstić information content (AvgIpc) is 3.25. The van der Waals surface area contributed by atoms with Crippen LogP contribution in [-0.4, -0.2) is 0 Å². The van der Waals surface area contributed by atoms with Crippen molar-refractivity contribution in [2.75, 3.05) is 0 Å². The molecule has 0 fully saturated rings. The first-order valence-corrected chi connectivity index (χ1v) is 18.6. The SMILES string of the molecule is NC(/C=C(\NCc1ccc(-c2c3ccccc3cc3c2ccc2ccccc23)cc1)c1cccc(-c2ccc(-c3ccccc3)cc2)c1)c1ccccc1. The van der Waals surface area contributed by atoms with Crippen molar-refractivity contribution in [1.29, 1.82) is 0 Å². The van der Waals surface area contributed by atoms with E-state index in [4.69, 9.17) is 5.73 Å². The van der Waals surface area contributed by atoms with Crippen LogP contribution in [0.25, 0.3) is 71.4 Å². The standard InChI is InChI=1S/C52H40N2/c53-50(41-15-5-2-6-16-41)34-51(45-19-11-18-43(32-45)39-28-26-38(27-29-39)37-12-3-1-4-13-37)54-35-36-22-24-42(25-23-36)52-47-21-10-8-17-44(47)33-49-46-20-9-7-14-40(46)30-31-48(49)52/h1-34,50,54H,35,53H2/b51-34-. The van der Waals surface area contributed by atoms with E-state index in [0.717, 1.165) is 22.4 Å². The van der Waals surface area contributed by atoms with Gasteiger partial charge in [-0.1, -0.05) is 188 Å². The third kappa shape index (κ3) is 6.67. The van der Waals surface area contributed by atoms with Crippen molar-refractivity contribution < 1.29 is 0 Å². The minimum absolute atomic E-state index is 0.263. The maximum absolute atomic E-state index is 6.82. The van der Waals surface area contributed by atoms with Crippen molar-refractivity contribution in [3.05, 3.63) is 223 Å². The van der Waals surface area contributed by atoms with Gasteiger partial charge in [-0.2, -0.15) is 0 Å². The summed E-state index contributed by atoms with van der Waals surface area (Å²) in [4.78, 5) is 0. The number of hydrogen-bond donors (Lipinski definition) is 2. The van der Waals surface area contributed by atoms with Crippen molar-refractivity contribution in [2.45, 2.75) is 12.6 Å². The van der Waals surface area contributed by atoms with Crippen LogP contribution in [0, 0.1) is 0 Å². The summed E-state index contributed by atoms with van der Waals surface area (Å²) in [6, 6.07) is 71.4. The molecule has 1 unspecified atom stereocenters. The highest BCUT2D eigenvalue weighted by molar-refractivity contribution is 6.20. The molecule has 0 bridgehead atoms. The Morgan fingerprint density at radius 2 is 1.04 bits per heavy atom. The Morgan fingerprint density at radius 1 is 0.444 bits per heavy atom. The van der Waals surface area contributed by atoms with Crippen LogP contribution in [-0.2, 0) is 6.54 Å². The predicted molar refractivity (Wildman–Crippen MR) is 230 cm³/mol. The lowest BCUT2D eigenvalue weighted by atomic mass is 9.89. The Labute approximate surface area is 316 Å². The smallest absolute Gasteiger partial charge is 0.0504 e. The van der Waals surface area contributed by atoms with Gasteiger partial charge in [0.25, 0.3) is 0 Å². The molecule has 9 aromatic carbocycles. The lowest BCUT2D eigenvalue weighted by Crippen LogP contribution is -2.16. The summed E-state index contributed by atoms with van der Waals surface area (Å²) in [6.45, 7) is 0.657. The molecule has 0 aliphatic heterocycles. The van der Waals surface area contributed by atoms with E-state index in [9.17, 15) is 0 Å². The number of fused-ring (bicyclic) bond motifs is 4. The van der Waals surface area contributed by atoms with Gasteiger partial charge < -0.3 is 11.1 Å². The number of benzene rings is 9. The molecule has 0 aliphatic carbocycles. The molecule has 0 aliphatic rings. The summed E-state index contributed by atoms with van der Waals surface area (Å²) in [6.07, 6.45) is 2.15. The summed E-state index contributed by atoms with van der Waals surface area (Å²) >= 11 is 0. The van der Waals surface area contributed by atoms with E-state index in [1.807, 2.05) is 18.2 Å². The van der Waals surface area contributed by atoms with Gasteiger partial charge in [0.15, 0.2) is 0 Å². The second-order valence-electron chi connectivity index (χ2n) is 13.9. The zero-order valence-corrected chi connectivity index (χ0v) is 30.0. The molecule has 9 rings (SSSR count). The van der Waals surface area contributed by atoms with Crippen molar-refractivity contribution in [2.24, 2.45) is 5.73 Å². The van der Waals surface area contributed by atoms with E-state index in [0.29, 0.717) is 6.54 Å². The predicted octanol–water partition coefficient (Wildman–Crippen LogP) is 13.0. The van der Waals surface area contributed by atoms with Crippen LogP contribution < -0.4 is 11.1 Å². The van der Waals surface area contributed by atoms with E-state index in [1.54, 1.807) is 0 Å². The van der Waals surface area contributed by atoms with Crippen molar-refractivity contribution >= 4 is 38.0 Å². The molecule has 258 valence electrons. The van der Waals surface area contributed by atoms with Crippen LogP contribution in [0.15, 0.2) is 206 Å². The van der Waals surface area contributed by atoms with E-state index in [1.165, 1.54) is 65.7 Å². The van der Waals surface area contributed by atoms with Gasteiger partial charge in [0.1, 0.15) is 0 Å². The minimum Gasteiger partial charge on any atom is -0.381 e. The van der Waals surface area contributed by atoms with Crippen LogP contribution in [0.3, 0.4) is 0 Å². The van der Waals surface area contributed by atoms with Crippen LogP contribution >= 0.6 is 0 Å². The van der Waals surface area contributed by atoms with Crippen molar-refractivity contribution in [1.82, 2.24) is 5.32 Å². The van der Waals surface area contributed by atoms with Gasteiger partial charge in [-0.05, 0) is 101 Å². The fraction of sp³-hybridized carbons (Fsp3) is 0.0385. The van der Waals surface area contributed by atoms with Gasteiger partial charge in [-0.3, -0.25) is 0 Å². The van der Waals surface area contributed by atoms with Gasteiger partial charge in [-0.25, -0.2) is 0 Å². The molecular formula is C52H40N2. The lowest BCUT2D eigenvalue weighted by molar-refractivity contribution is 0.858. The Balaban J connectivity index is 1.03. The van der Waals surface area contributed by atoms with Gasteiger partial charge in [0.2, 0.25) is 0 Å². The molecule has 0 spiro atoms. The van der Waals surface area contributed by atoms with Crippen molar-refractivity contribution in [3.63, 3.8) is 0 Å².